The van der Waals surface area contributed by atoms with Crippen LogP contribution in [0.15, 0.2) is 35.7 Å². The molecule has 0 saturated carbocycles. The monoisotopic (exact) mass is 319 g/mol. The molecule has 5 nitrogen and oxygen atoms in total. The molecular weight excluding hydrogens is 306 g/mol. The van der Waals surface area contributed by atoms with E-state index < -0.39 is 0 Å². The highest BCUT2D eigenvalue weighted by Gasteiger charge is 2.12. The number of hydrogen-bond donors (Lipinski definition) is 1. The predicted molar refractivity (Wildman–Crippen MR) is 87.5 cm³/mol. The molecule has 0 spiro atoms. The number of thioether (sulfide) groups is 1. The van der Waals surface area contributed by atoms with Crippen molar-refractivity contribution in [1.82, 2.24) is 19.5 Å². The Morgan fingerprint density at radius 3 is 2.67 bits per heavy atom. The van der Waals surface area contributed by atoms with Crippen LogP contribution < -0.4 is 5.32 Å². The number of fused-ring (bicyclic) bond motifs is 1. The molecule has 0 aliphatic carbocycles. The van der Waals surface area contributed by atoms with Gasteiger partial charge in [-0.25, -0.2) is 15.0 Å². The van der Waals surface area contributed by atoms with Gasteiger partial charge >= 0.3 is 0 Å². The second-order valence-corrected chi connectivity index (χ2v) is 5.60. The van der Waals surface area contributed by atoms with Gasteiger partial charge in [0.1, 0.15) is 0 Å². The molecule has 7 heteroatoms. The molecule has 0 aliphatic heterocycles. The first-order chi connectivity index (χ1) is 10.2. The summed E-state index contributed by atoms with van der Waals surface area (Å²) < 4.78 is 2.00. The van der Waals surface area contributed by atoms with Gasteiger partial charge in [-0.2, -0.15) is 0 Å². The number of aromatic nitrogens is 4. The molecule has 0 saturated heterocycles. The lowest BCUT2D eigenvalue weighted by molar-refractivity contribution is 0.771. The fourth-order valence-corrected chi connectivity index (χ4v) is 2.49. The van der Waals surface area contributed by atoms with Crippen molar-refractivity contribution in [3.05, 3.63) is 35.6 Å². The summed E-state index contributed by atoms with van der Waals surface area (Å²) in [4.78, 5) is 13.5. The molecule has 3 rings (SSSR count). The second kappa shape index (κ2) is 5.91. The summed E-state index contributed by atoms with van der Waals surface area (Å²) in [6.07, 6.45) is 3.75. The van der Waals surface area contributed by atoms with Crippen LogP contribution in [0.4, 0.5) is 11.5 Å². The highest BCUT2D eigenvalue weighted by Crippen LogP contribution is 2.25. The number of imidazole rings is 1. The first-order valence-electron chi connectivity index (χ1n) is 6.50. The van der Waals surface area contributed by atoms with Crippen molar-refractivity contribution in [3.63, 3.8) is 0 Å². The number of benzene rings is 1. The lowest BCUT2D eigenvalue weighted by atomic mass is 10.3. The lowest BCUT2D eigenvalue weighted by Crippen LogP contribution is -2.00. The van der Waals surface area contributed by atoms with E-state index in [0.29, 0.717) is 16.0 Å². The average Bonchev–Trinajstić information content (AvgIpc) is 2.92. The van der Waals surface area contributed by atoms with Crippen LogP contribution in [-0.4, -0.2) is 25.8 Å². The summed E-state index contributed by atoms with van der Waals surface area (Å²) in [5.41, 5.74) is 2.52. The summed E-state index contributed by atoms with van der Waals surface area (Å²) in [6.45, 7) is 2.88. The van der Waals surface area contributed by atoms with Gasteiger partial charge in [-0.15, -0.1) is 0 Å². The number of nitrogens with zero attached hydrogens (tertiary/aromatic N) is 4. The largest absolute Gasteiger partial charge is 0.338 e. The zero-order chi connectivity index (χ0) is 14.8. The van der Waals surface area contributed by atoms with Gasteiger partial charge < -0.3 is 9.88 Å². The molecule has 2 aromatic heterocycles. The van der Waals surface area contributed by atoms with Gasteiger partial charge in [-0.05, 0) is 37.4 Å². The smallest absolute Gasteiger partial charge is 0.191 e. The summed E-state index contributed by atoms with van der Waals surface area (Å²) in [5, 5.41) is 4.71. The van der Waals surface area contributed by atoms with Crippen molar-refractivity contribution in [3.8, 4) is 0 Å². The Labute approximate surface area is 131 Å². The van der Waals surface area contributed by atoms with Gasteiger partial charge in [-0.3, -0.25) is 0 Å². The summed E-state index contributed by atoms with van der Waals surface area (Å²) >= 11 is 7.42. The van der Waals surface area contributed by atoms with E-state index >= 15 is 0 Å². The zero-order valence-corrected chi connectivity index (χ0v) is 13.2. The maximum Gasteiger partial charge on any atom is 0.191 e. The van der Waals surface area contributed by atoms with Crippen molar-refractivity contribution in [2.75, 3.05) is 11.6 Å². The van der Waals surface area contributed by atoms with Gasteiger partial charge in [-0.1, -0.05) is 23.4 Å². The van der Waals surface area contributed by atoms with Crippen LogP contribution in [0.2, 0.25) is 5.02 Å². The quantitative estimate of drug-likeness (QED) is 0.582. The third-order valence-corrected chi connectivity index (χ3v) is 3.87. The molecule has 108 valence electrons. The van der Waals surface area contributed by atoms with Crippen LogP contribution in [0, 0.1) is 0 Å². The van der Waals surface area contributed by atoms with E-state index in [0.717, 1.165) is 23.4 Å². The third kappa shape index (κ3) is 2.82. The molecule has 0 atom stereocenters. The van der Waals surface area contributed by atoms with E-state index in [9.17, 15) is 0 Å². The fourth-order valence-electron chi connectivity index (χ4n) is 2.00. The molecule has 0 amide bonds. The molecular formula is C14H14ClN5S. The number of hydrogen-bond acceptors (Lipinski definition) is 5. The average molecular weight is 320 g/mol. The first kappa shape index (κ1) is 14.2. The Morgan fingerprint density at radius 2 is 2.00 bits per heavy atom. The van der Waals surface area contributed by atoms with E-state index in [4.69, 9.17) is 11.6 Å². The molecule has 21 heavy (non-hydrogen) atoms. The van der Waals surface area contributed by atoms with Gasteiger partial charge in [0.25, 0.3) is 0 Å². The second-order valence-electron chi connectivity index (χ2n) is 4.39. The normalized spacial score (nSPS) is 11.0. The number of nitrogens with one attached hydrogen (secondary N) is 1. The summed E-state index contributed by atoms with van der Waals surface area (Å²) in [7, 11) is 0. The molecule has 0 fully saturated rings. The molecule has 3 aromatic rings. The predicted octanol–water partition coefficient (Wildman–Crippen LogP) is 3.97. The number of aryl methyl sites for hydroxylation is 1. The van der Waals surface area contributed by atoms with E-state index in [1.165, 1.54) is 11.8 Å². The van der Waals surface area contributed by atoms with Crippen LogP contribution in [0.25, 0.3) is 11.2 Å². The highest BCUT2D eigenvalue weighted by molar-refractivity contribution is 7.98. The van der Waals surface area contributed by atoms with Crippen molar-refractivity contribution in [2.24, 2.45) is 0 Å². The Morgan fingerprint density at radius 1 is 1.24 bits per heavy atom. The van der Waals surface area contributed by atoms with E-state index in [1.807, 2.05) is 35.1 Å². The SMILES string of the molecule is CCn1cnc2c(Nc3ccc(Cl)cc3)nc(SC)nc21. The van der Waals surface area contributed by atoms with Crippen LogP contribution >= 0.6 is 23.4 Å². The van der Waals surface area contributed by atoms with Crippen molar-refractivity contribution >= 4 is 46.0 Å². The summed E-state index contributed by atoms with van der Waals surface area (Å²) in [5.74, 6) is 0.707. The maximum atomic E-state index is 5.91. The third-order valence-electron chi connectivity index (χ3n) is 3.07. The molecule has 0 radical (unpaired) electrons. The van der Waals surface area contributed by atoms with Gasteiger partial charge in [0.2, 0.25) is 0 Å². The Bertz CT molecular complexity index is 769. The van der Waals surface area contributed by atoms with Gasteiger partial charge in [0.05, 0.1) is 6.33 Å². The minimum atomic E-state index is 0.702. The van der Waals surface area contributed by atoms with Crippen LogP contribution in [-0.2, 0) is 6.54 Å². The molecule has 1 aromatic carbocycles. The van der Waals surface area contributed by atoms with E-state index in [1.54, 1.807) is 6.33 Å². The van der Waals surface area contributed by atoms with E-state index in [-0.39, 0.29) is 0 Å². The molecule has 1 N–H and O–H groups in total. The molecule has 0 unspecified atom stereocenters. The highest BCUT2D eigenvalue weighted by atomic mass is 35.5. The molecule has 0 aliphatic rings. The van der Waals surface area contributed by atoms with Crippen molar-refractivity contribution < 1.29 is 0 Å². The number of anilines is 2. The van der Waals surface area contributed by atoms with Crippen molar-refractivity contribution in [1.29, 1.82) is 0 Å². The van der Waals surface area contributed by atoms with Crippen molar-refractivity contribution in [2.45, 2.75) is 18.6 Å². The minimum absolute atomic E-state index is 0.702. The topological polar surface area (TPSA) is 55.6 Å². The number of halogens is 1. The summed E-state index contributed by atoms with van der Waals surface area (Å²) in [6, 6.07) is 7.49. The van der Waals surface area contributed by atoms with Gasteiger partial charge in [0.15, 0.2) is 22.1 Å². The first-order valence-corrected chi connectivity index (χ1v) is 8.11. The Hall–Kier alpha value is -1.79. The lowest BCUT2D eigenvalue weighted by Gasteiger charge is -2.08. The maximum absolute atomic E-state index is 5.91. The standard InChI is InChI=1S/C14H14ClN5S/c1-3-20-8-16-11-12(18-14(21-2)19-13(11)20)17-10-6-4-9(15)5-7-10/h4-8H,3H2,1-2H3,(H,17,18,19). The van der Waals surface area contributed by atoms with Crippen LogP contribution in [0.1, 0.15) is 6.92 Å². The van der Waals surface area contributed by atoms with Crippen LogP contribution in [0.5, 0.6) is 0 Å². The molecule has 2 heterocycles. The van der Waals surface area contributed by atoms with Gasteiger partial charge in [0, 0.05) is 17.3 Å². The number of rotatable bonds is 4. The minimum Gasteiger partial charge on any atom is -0.338 e. The Kier molecular flexibility index (Phi) is 3.98. The van der Waals surface area contributed by atoms with E-state index in [2.05, 4.69) is 27.2 Å². The molecule has 0 bridgehead atoms. The van der Waals surface area contributed by atoms with Crippen LogP contribution in [0.3, 0.4) is 0 Å². The Balaban J connectivity index is 2.08. The zero-order valence-electron chi connectivity index (χ0n) is 11.7. The fraction of sp³-hybridized carbons (Fsp3) is 0.214.